The van der Waals surface area contributed by atoms with Gasteiger partial charge in [-0.3, -0.25) is 9.69 Å². The van der Waals surface area contributed by atoms with E-state index in [1.54, 1.807) is 7.11 Å². The summed E-state index contributed by atoms with van der Waals surface area (Å²) < 4.78 is 10.4. The number of carbonyl (C=O) groups is 1. The van der Waals surface area contributed by atoms with E-state index in [-0.39, 0.29) is 5.97 Å². The van der Waals surface area contributed by atoms with Gasteiger partial charge < -0.3 is 15.2 Å². The first-order valence-electron chi connectivity index (χ1n) is 7.14. The molecule has 0 aromatic heterocycles. The van der Waals surface area contributed by atoms with Crippen LogP contribution in [0.2, 0.25) is 0 Å². The Balaban J connectivity index is 1.96. The molecule has 1 saturated heterocycles. The molecule has 1 aliphatic heterocycles. The van der Waals surface area contributed by atoms with E-state index in [4.69, 9.17) is 15.2 Å². The quantitative estimate of drug-likeness (QED) is 0.767. The molecule has 4 unspecified atom stereocenters. The molecular weight excluding hydrogens is 244 g/mol. The van der Waals surface area contributed by atoms with Crippen molar-refractivity contribution in [1.82, 2.24) is 4.90 Å². The summed E-state index contributed by atoms with van der Waals surface area (Å²) in [6.07, 6.45) is 3.82. The fourth-order valence-corrected chi connectivity index (χ4v) is 3.45. The maximum atomic E-state index is 11.7. The molecular formula is C14H26N2O3. The van der Waals surface area contributed by atoms with Gasteiger partial charge in [0.05, 0.1) is 13.2 Å². The lowest BCUT2D eigenvalue weighted by Gasteiger charge is -2.39. The van der Waals surface area contributed by atoms with Crippen LogP contribution in [0.4, 0.5) is 0 Å². The highest BCUT2D eigenvalue weighted by atomic mass is 16.5. The molecule has 2 rings (SSSR count). The van der Waals surface area contributed by atoms with E-state index in [0.717, 1.165) is 25.9 Å². The van der Waals surface area contributed by atoms with Gasteiger partial charge in [0.15, 0.2) is 0 Å². The van der Waals surface area contributed by atoms with Crippen molar-refractivity contribution in [2.45, 2.75) is 50.3 Å². The number of ether oxygens (including phenoxy) is 2. The van der Waals surface area contributed by atoms with E-state index < -0.39 is 5.54 Å². The van der Waals surface area contributed by atoms with Gasteiger partial charge in [-0.2, -0.15) is 0 Å². The third-order valence-electron chi connectivity index (χ3n) is 4.86. The van der Waals surface area contributed by atoms with Crippen LogP contribution in [0.1, 0.15) is 32.6 Å². The first kappa shape index (κ1) is 14.8. The van der Waals surface area contributed by atoms with Crippen LogP contribution in [-0.4, -0.2) is 55.9 Å². The molecule has 0 amide bonds. The van der Waals surface area contributed by atoms with Crippen molar-refractivity contribution >= 4 is 5.97 Å². The molecule has 2 fully saturated rings. The minimum Gasteiger partial charge on any atom is -0.468 e. The van der Waals surface area contributed by atoms with Crippen molar-refractivity contribution in [1.29, 1.82) is 0 Å². The fourth-order valence-electron chi connectivity index (χ4n) is 3.45. The molecule has 0 spiro atoms. The lowest BCUT2D eigenvalue weighted by molar-refractivity contribution is -0.147. The first-order chi connectivity index (χ1) is 9.00. The van der Waals surface area contributed by atoms with Crippen molar-refractivity contribution in [3.63, 3.8) is 0 Å². The fraction of sp³-hybridized carbons (Fsp3) is 0.929. The lowest BCUT2D eigenvalue weighted by atomic mass is 9.93. The zero-order valence-electron chi connectivity index (χ0n) is 12.2. The third-order valence-corrected chi connectivity index (χ3v) is 4.86. The van der Waals surface area contributed by atoms with Gasteiger partial charge in [0.25, 0.3) is 0 Å². The second-order valence-electron chi connectivity index (χ2n) is 6.08. The van der Waals surface area contributed by atoms with E-state index in [1.807, 2.05) is 0 Å². The second kappa shape index (κ2) is 5.77. The number of piperidine rings is 1. The molecule has 2 aliphatic rings. The van der Waals surface area contributed by atoms with Crippen molar-refractivity contribution in [2.24, 2.45) is 11.7 Å². The van der Waals surface area contributed by atoms with Crippen LogP contribution in [0.25, 0.3) is 0 Å². The predicted molar refractivity (Wildman–Crippen MR) is 72.7 cm³/mol. The van der Waals surface area contributed by atoms with Crippen LogP contribution in [0.5, 0.6) is 0 Å². The zero-order chi connectivity index (χ0) is 14.0. The minimum atomic E-state index is -0.787. The highest BCUT2D eigenvalue weighted by Crippen LogP contribution is 2.34. The van der Waals surface area contributed by atoms with E-state index in [0.29, 0.717) is 30.9 Å². The highest BCUT2D eigenvalue weighted by molar-refractivity contribution is 5.81. The number of nitrogens with zero attached hydrogens (tertiary/aromatic N) is 1. The Morgan fingerprint density at radius 2 is 2.11 bits per heavy atom. The van der Waals surface area contributed by atoms with Crippen LogP contribution < -0.4 is 5.73 Å². The SMILES string of the molecule is COC(=O)C1(N)CCC(N2CCC(C)C(OC)C2)C1. The summed E-state index contributed by atoms with van der Waals surface area (Å²) in [5.41, 5.74) is 5.39. The van der Waals surface area contributed by atoms with E-state index >= 15 is 0 Å². The summed E-state index contributed by atoms with van der Waals surface area (Å²) in [4.78, 5) is 14.2. The summed E-state index contributed by atoms with van der Waals surface area (Å²) in [5, 5.41) is 0. The summed E-state index contributed by atoms with van der Waals surface area (Å²) in [6.45, 7) is 4.25. The van der Waals surface area contributed by atoms with Crippen molar-refractivity contribution < 1.29 is 14.3 Å². The Kier molecular flexibility index (Phi) is 4.48. The molecule has 4 atom stereocenters. The monoisotopic (exact) mass is 270 g/mol. The Morgan fingerprint density at radius 1 is 1.37 bits per heavy atom. The zero-order valence-corrected chi connectivity index (χ0v) is 12.2. The molecule has 0 bridgehead atoms. The molecule has 0 aromatic rings. The molecule has 1 aliphatic carbocycles. The number of hydrogen-bond donors (Lipinski definition) is 1. The van der Waals surface area contributed by atoms with Gasteiger partial charge >= 0.3 is 5.97 Å². The summed E-state index contributed by atoms with van der Waals surface area (Å²) in [7, 11) is 3.19. The molecule has 5 nitrogen and oxygen atoms in total. The topological polar surface area (TPSA) is 64.8 Å². The third kappa shape index (κ3) is 2.93. The average Bonchev–Trinajstić information content (AvgIpc) is 2.82. The van der Waals surface area contributed by atoms with Gasteiger partial charge in [0, 0.05) is 19.7 Å². The van der Waals surface area contributed by atoms with Crippen molar-refractivity contribution in [2.75, 3.05) is 27.3 Å². The molecule has 110 valence electrons. The first-order valence-corrected chi connectivity index (χ1v) is 7.14. The standard InChI is InChI=1S/C14H26N2O3/c1-10-5-7-16(9-12(10)18-2)11-4-6-14(15,8-11)13(17)19-3/h10-12H,4-9,15H2,1-3H3. The Hall–Kier alpha value is -0.650. The lowest BCUT2D eigenvalue weighted by Crippen LogP contribution is -2.51. The van der Waals surface area contributed by atoms with Crippen LogP contribution in [0.3, 0.4) is 0 Å². The Morgan fingerprint density at radius 3 is 2.74 bits per heavy atom. The molecule has 19 heavy (non-hydrogen) atoms. The molecule has 5 heteroatoms. The number of methoxy groups -OCH3 is 2. The normalized spacial score (nSPS) is 40.3. The van der Waals surface area contributed by atoms with Crippen molar-refractivity contribution in [3.05, 3.63) is 0 Å². The molecule has 2 N–H and O–H groups in total. The van der Waals surface area contributed by atoms with E-state index in [1.165, 1.54) is 7.11 Å². The molecule has 1 heterocycles. The second-order valence-corrected chi connectivity index (χ2v) is 6.08. The van der Waals surface area contributed by atoms with Gasteiger partial charge in [0.1, 0.15) is 5.54 Å². The maximum absolute atomic E-state index is 11.7. The number of esters is 1. The van der Waals surface area contributed by atoms with Gasteiger partial charge in [-0.15, -0.1) is 0 Å². The average molecular weight is 270 g/mol. The van der Waals surface area contributed by atoms with Gasteiger partial charge in [-0.25, -0.2) is 0 Å². The molecule has 0 radical (unpaired) electrons. The highest BCUT2D eigenvalue weighted by Gasteiger charge is 2.45. The van der Waals surface area contributed by atoms with Crippen molar-refractivity contribution in [3.8, 4) is 0 Å². The summed E-state index contributed by atoms with van der Waals surface area (Å²) in [5.74, 6) is 0.328. The maximum Gasteiger partial charge on any atom is 0.325 e. The largest absolute Gasteiger partial charge is 0.468 e. The van der Waals surface area contributed by atoms with Crippen LogP contribution in [0.15, 0.2) is 0 Å². The number of hydrogen-bond acceptors (Lipinski definition) is 5. The van der Waals surface area contributed by atoms with Gasteiger partial charge in [0.2, 0.25) is 0 Å². The smallest absolute Gasteiger partial charge is 0.325 e. The van der Waals surface area contributed by atoms with Crippen LogP contribution in [-0.2, 0) is 14.3 Å². The van der Waals surface area contributed by atoms with Crippen LogP contribution >= 0.6 is 0 Å². The molecule has 1 saturated carbocycles. The molecule has 0 aromatic carbocycles. The van der Waals surface area contributed by atoms with E-state index in [9.17, 15) is 4.79 Å². The minimum absolute atomic E-state index is 0.274. The summed E-state index contributed by atoms with van der Waals surface area (Å²) in [6, 6.07) is 0.384. The van der Waals surface area contributed by atoms with Crippen LogP contribution in [0, 0.1) is 5.92 Å². The van der Waals surface area contributed by atoms with Gasteiger partial charge in [-0.1, -0.05) is 6.92 Å². The Bertz CT molecular complexity index is 337. The predicted octanol–water partition coefficient (Wildman–Crippen LogP) is 0.766. The number of likely N-dealkylation sites (tertiary alicyclic amines) is 1. The number of carbonyl (C=O) groups excluding carboxylic acids is 1. The summed E-state index contributed by atoms with van der Waals surface area (Å²) >= 11 is 0. The Labute approximate surface area is 115 Å². The number of nitrogens with two attached hydrogens (primary N) is 1. The van der Waals surface area contributed by atoms with E-state index in [2.05, 4.69) is 11.8 Å². The number of rotatable bonds is 3. The van der Waals surface area contributed by atoms with Gasteiger partial charge in [-0.05, 0) is 38.1 Å².